The minimum absolute atomic E-state index is 0.313. The Bertz CT molecular complexity index is 661. The minimum atomic E-state index is -0.830. The molecule has 0 spiro atoms. The number of benzene rings is 1. The van der Waals surface area contributed by atoms with Crippen molar-refractivity contribution in [3.05, 3.63) is 40.7 Å². The molecule has 0 radical (unpaired) electrons. The topological polar surface area (TPSA) is 55.1 Å². The van der Waals surface area contributed by atoms with Crippen molar-refractivity contribution in [1.29, 1.82) is 0 Å². The summed E-state index contributed by atoms with van der Waals surface area (Å²) in [6.07, 6.45) is 1.45. The Labute approximate surface area is 122 Å². The predicted octanol–water partition coefficient (Wildman–Crippen LogP) is 3.47. The highest BCUT2D eigenvalue weighted by molar-refractivity contribution is 6.30. The summed E-state index contributed by atoms with van der Waals surface area (Å²) in [5, 5.41) is 9.64. The van der Waals surface area contributed by atoms with E-state index in [0.717, 1.165) is 24.4 Å². The summed E-state index contributed by atoms with van der Waals surface area (Å²) in [5.41, 5.74) is 2.78. The number of carboxylic acids is 1. The minimum Gasteiger partial charge on any atom is -0.481 e. The van der Waals surface area contributed by atoms with Gasteiger partial charge in [-0.05, 0) is 19.8 Å². The van der Waals surface area contributed by atoms with E-state index >= 15 is 0 Å². The molecule has 0 saturated carbocycles. The second kappa shape index (κ2) is 4.94. The third-order valence-corrected chi connectivity index (χ3v) is 4.05. The molecule has 1 aromatic carbocycles. The zero-order chi connectivity index (χ0) is 14.3. The van der Waals surface area contributed by atoms with Crippen LogP contribution in [0.3, 0.4) is 0 Å². The number of halogens is 1. The lowest BCUT2D eigenvalue weighted by Crippen LogP contribution is -2.22. The number of hydrogen-bond donors (Lipinski definition) is 1. The molecule has 0 aliphatic carbocycles. The third-order valence-electron chi connectivity index (χ3n) is 3.77. The van der Waals surface area contributed by atoms with Crippen molar-refractivity contribution in [3.8, 4) is 11.4 Å². The molecule has 20 heavy (non-hydrogen) atoms. The van der Waals surface area contributed by atoms with Crippen molar-refractivity contribution in [2.75, 3.05) is 0 Å². The maximum Gasteiger partial charge on any atom is 0.312 e. The Morgan fingerprint density at radius 2 is 2.10 bits per heavy atom. The van der Waals surface area contributed by atoms with Crippen molar-refractivity contribution in [2.45, 2.75) is 32.2 Å². The number of carboxylic acid groups (broad SMARTS) is 1. The van der Waals surface area contributed by atoms with Gasteiger partial charge in [-0.25, -0.2) is 4.98 Å². The molecule has 2 aromatic rings. The molecule has 1 aliphatic heterocycles. The van der Waals surface area contributed by atoms with E-state index in [-0.39, 0.29) is 0 Å². The van der Waals surface area contributed by atoms with Crippen LogP contribution < -0.4 is 0 Å². The maximum absolute atomic E-state index is 11.4. The molecule has 1 aromatic heterocycles. The normalized spacial score (nSPS) is 17.8. The summed E-state index contributed by atoms with van der Waals surface area (Å²) in [6, 6.07) is 8.02. The number of carbonyl (C=O) groups is 1. The number of fused-ring (bicyclic) bond motifs is 1. The van der Waals surface area contributed by atoms with Crippen molar-refractivity contribution < 1.29 is 9.90 Å². The van der Waals surface area contributed by atoms with Crippen LogP contribution in [0.25, 0.3) is 11.4 Å². The molecule has 104 valence electrons. The molecular weight excluding hydrogens is 276 g/mol. The summed E-state index contributed by atoms with van der Waals surface area (Å²) >= 11 is 6.19. The van der Waals surface area contributed by atoms with Crippen LogP contribution in [0.4, 0.5) is 0 Å². The number of aliphatic carboxylic acids is 1. The molecule has 0 amide bonds. The molecular formula is C15H15ClN2O2. The van der Waals surface area contributed by atoms with Gasteiger partial charge in [0.1, 0.15) is 11.7 Å². The first-order chi connectivity index (χ1) is 9.58. The number of aryl methyl sites for hydroxylation is 1. The molecule has 1 aliphatic rings. The van der Waals surface area contributed by atoms with Gasteiger partial charge in [-0.1, -0.05) is 41.4 Å². The van der Waals surface area contributed by atoms with E-state index < -0.39 is 11.9 Å². The first-order valence-corrected chi connectivity index (χ1v) is 7.01. The van der Waals surface area contributed by atoms with Crippen LogP contribution in [0.5, 0.6) is 0 Å². The fourth-order valence-electron chi connectivity index (χ4n) is 2.75. The summed E-state index contributed by atoms with van der Waals surface area (Å²) < 4.78 is 1.95. The largest absolute Gasteiger partial charge is 0.481 e. The van der Waals surface area contributed by atoms with Gasteiger partial charge in [0.25, 0.3) is 0 Å². The Hall–Kier alpha value is -1.81. The monoisotopic (exact) mass is 290 g/mol. The van der Waals surface area contributed by atoms with Gasteiger partial charge < -0.3 is 9.67 Å². The van der Waals surface area contributed by atoms with Gasteiger partial charge in [0.05, 0.1) is 5.69 Å². The molecule has 1 N–H and O–H groups in total. The fourth-order valence-corrected chi connectivity index (χ4v) is 3.06. The number of rotatable bonds is 2. The molecule has 0 saturated heterocycles. The van der Waals surface area contributed by atoms with Crippen LogP contribution in [0, 0.1) is 6.92 Å². The number of aromatic nitrogens is 2. The first kappa shape index (κ1) is 13.2. The van der Waals surface area contributed by atoms with E-state index in [1.807, 2.05) is 35.8 Å². The molecule has 5 heteroatoms. The van der Waals surface area contributed by atoms with Crippen molar-refractivity contribution >= 4 is 17.6 Å². The lowest BCUT2D eigenvalue weighted by Gasteiger charge is -2.22. The zero-order valence-electron chi connectivity index (χ0n) is 11.1. The van der Waals surface area contributed by atoms with Crippen LogP contribution >= 0.6 is 11.6 Å². The molecule has 1 unspecified atom stereocenters. The van der Waals surface area contributed by atoms with Crippen LogP contribution in [-0.4, -0.2) is 20.6 Å². The second-order valence-electron chi connectivity index (χ2n) is 5.16. The van der Waals surface area contributed by atoms with E-state index in [4.69, 9.17) is 11.6 Å². The quantitative estimate of drug-likeness (QED) is 0.921. The van der Waals surface area contributed by atoms with Crippen molar-refractivity contribution in [2.24, 2.45) is 0 Å². The van der Waals surface area contributed by atoms with Crippen molar-refractivity contribution in [1.82, 2.24) is 9.55 Å². The van der Waals surface area contributed by atoms with Gasteiger partial charge in [-0.3, -0.25) is 4.79 Å². The van der Waals surface area contributed by atoms with Gasteiger partial charge in [-0.2, -0.15) is 0 Å². The zero-order valence-corrected chi connectivity index (χ0v) is 11.9. The Morgan fingerprint density at radius 1 is 1.40 bits per heavy atom. The maximum atomic E-state index is 11.4. The fraction of sp³-hybridized carbons (Fsp3) is 0.333. The number of hydrogen-bond acceptors (Lipinski definition) is 2. The lowest BCUT2D eigenvalue weighted by atomic mass is 9.96. The smallest absolute Gasteiger partial charge is 0.312 e. The van der Waals surface area contributed by atoms with Crippen molar-refractivity contribution in [3.63, 3.8) is 0 Å². The molecule has 2 heterocycles. The van der Waals surface area contributed by atoms with Gasteiger partial charge in [0, 0.05) is 12.1 Å². The standard InChI is InChI=1S/C15H15ClN2O2/c1-9-4-6-10(7-5-9)14-17-13(16)12-11(15(19)20)3-2-8-18(12)14/h4-7,11H,2-3,8H2,1H3,(H,19,20). The van der Waals surface area contributed by atoms with Gasteiger partial charge in [0.2, 0.25) is 0 Å². The van der Waals surface area contributed by atoms with Crippen LogP contribution in [0.2, 0.25) is 5.15 Å². The predicted molar refractivity (Wildman–Crippen MR) is 77.0 cm³/mol. The average Bonchev–Trinajstić information content (AvgIpc) is 2.77. The summed E-state index contributed by atoms with van der Waals surface area (Å²) in [7, 11) is 0. The Morgan fingerprint density at radius 3 is 2.75 bits per heavy atom. The highest BCUT2D eigenvalue weighted by Crippen LogP contribution is 2.36. The Balaban J connectivity index is 2.13. The second-order valence-corrected chi connectivity index (χ2v) is 5.52. The average molecular weight is 291 g/mol. The van der Waals surface area contributed by atoms with E-state index in [1.54, 1.807) is 0 Å². The molecule has 0 bridgehead atoms. The SMILES string of the molecule is Cc1ccc(-c2nc(Cl)c3n2CCCC3C(=O)O)cc1. The van der Waals surface area contributed by atoms with Crippen LogP contribution in [-0.2, 0) is 11.3 Å². The number of imidazole rings is 1. The first-order valence-electron chi connectivity index (χ1n) is 6.63. The molecule has 4 nitrogen and oxygen atoms in total. The highest BCUT2D eigenvalue weighted by atomic mass is 35.5. The summed E-state index contributed by atoms with van der Waals surface area (Å²) in [4.78, 5) is 15.7. The van der Waals surface area contributed by atoms with Crippen LogP contribution in [0.15, 0.2) is 24.3 Å². The van der Waals surface area contributed by atoms with E-state index in [1.165, 1.54) is 5.56 Å². The van der Waals surface area contributed by atoms with E-state index in [0.29, 0.717) is 17.3 Å². The lowest BCUT2D eigenvalue weighted by molar-refractivity contribution is -0.139. The van der Waals surface area contributed by atoms with Gasteiger partial charge in [-0.15, -0.1) is 0 Å². The number of nitrogens with zero attached hydrogens (tertiary/aromatic N) is 2. The highest BCUT2D eigenvalue weighted by Gasteiger charge is 2.32. The van der Waals surface area contributed by atoms with Gasteiger partial charge in [0.15, 0.2) is 5.15 Å². The molecule has 0 fully saturated rings. The molecule has 3 rings (SSSR count). The molecule has 1 atom stereocenters. The summed E-state index contributed by atoms with van der Waals surface area (Å²) in [5.74, 6) is -0.623. The summed E-state index contributed by atoms with van der Waals surface area (Å²) in [6.45, 7) is 2.79. The van der Waals surface area contributed by atoms with Crippen LogP contribution in [0.1, 0.15) is 30.0 Å². The van der Waals surface area contributed by atoms with E-state index in [9.17, 15) is 9.90 Å². The van der Waals surface area contributed by atoms with E-state index in [2.05, 4.69) is 4.98 Å². The van der Waals surface area contributed by atoms with Gasteiger partial charge >= 0.3 is 5.97 Å². The Kier molecular flexibility index (Phi) is 3.26. The third kappa shape index (κ3) is 2.10.